The Bertz CT molecular complexity index is 1110. The summed E-state index contributed by atoms with van der Waals surface area (Å²) in [5, 5.41) is 0. The van der Waals surface area contributed by atoms with Crippen LogP contribution in [0.2, 0.25) is 0 Å². The molecule has 3 rings (SSSR count). The number of aromatic nitrogens is 1. The average Bonchev–Trinajstić information content (AvgIpc) is 2.68. The average molecular weight is 347 g/mol. The predicted octanol–water partition coefficient (Wildman–Crippen LogP) is 6.10. The fourth-order valence-electron chi connectivity index (χ4n) is 3.69. The highest BCUT2D eigenvalue weighted by Crippen LogP contribution is 2.43. The first kappa shape index (κ1) is 9.35. The van der Waals surface area contributed by atoms with E-state index >= 15 is 0 Å². The molecule has 0 amide bonds. The minimum Gasteiger partial charge on any atom is -0.201 e. The van der Waals surface area contributed by atoms with E-state index < -0.39 is 26.4 Å². The third-order valence-corrected chi connectivity index (χ3v) is 5.50. The van der Waals surface area contributed by atoms with Gasteiger partial charge in [0.1, 0.15) is 7.05 Å². The first-order chi connectivity index (χ1) is 15.7. The minimum atomic E-state index is -2.64. The lowest BCUT2D eigenvalue weighted by atomic mass is 9.71. The van der Waals surface area contributed by atoms with E-state index in [1.54, 1.807) is 24.6 Å². The van der Waals surface area contributed by atoms with Gasteiger partial charge >= 0.3 is 0 Å². The highest BCUT2D eigenvalue weighted by Gasteiger charge is 2.29. The number of benzene rings is 1. The van der Waals surface area contributed by atoms with Crippen LogP contribution in [0.5, 0.6) is 0 Å². The molecule has 0 spiro atoms. The Morgan fingerprint density at radius 1 is 1.00 bits per heavy atom. The van der Waals surface area contributed by atoms with Crippen molar-refractivity contribution in [2.24, 2.45) is 12.5 Å². The smallest absolute Gasteiger partial charge is 0.201 e. The Morgan fingerprint density at radius 3 is 2.28 bits per heavy atom. The molecule has 1 aliphatic carbocycles. The summed E-state index contributed by atoms with van der Waals surface area (Å²) in [6.45, 7) is -1.63. The van der Waals surface area contributed by atoms with E-state index in [0.29, 0.717) is 35.2 Å². The lowest BCUT2D eigenvalue weighted by Crippen LogP contribution is -2.32. The van der Waals surface area contributed by atoms with Crippen LogP contribution in [0.25, 0.3) is 11.3 Å². The molecule has 0 N–H and O–H groups in total. The van der Waals surface area contributed by atoms with Crippen LogP contribution in [-0.4, -0.2) is 0 Å². The standard InChI is InChI=1S/C24H34N/c1-16-12-18(3)22(13-17(16)2)23-14-21(19(4)15-25(23)7)20-8-10-24(5,6)11-9-20/h12-15,20H,8-11H2,1-7H3/q+1/i1D3,2D3,4D3,20D. The SMILES string of the molecule is [2H]C([2H])([2H])c1cc(C)c(-c2cc(C3([2H])CCC(C)(C)CC3)c(C([2H])([2H])[2H])c[n+]2C)cc1C([2H])([2H])[2H]. The van der Waals surface area contributed by atoms with Crippen LogP contribution in [-0.2, 0) is 7.05 Å². The third-order valence-electron chi connectivity index (χ3n) is 5.50. The zero-order valence-electron chi connectivity index (χ0n) is 25.6. The van der Waals surface area contributed by atoms with E-state index in [0.717, 1.165) is 12.8 Å². The van der Waals surface area contributed by atoms with Crippen molar-refractivity contribution in [3.8, 4) is 11.3 Å². The molecule has 0 saturated heterocycles. The second kappa shape index (κ2) is 6.59. The topological polar surface area (TPSA) is 3.88 Å². The van der Waals surface area contributed by atoms with E-state index in [9.17, 15) is 1.37 Å². The summed E-state index contributed by atoms with van der Waals surface area (Å²) in [5.41, 5.74) is 1.78. The Labute approximate surface area is 168 Å². The number of hydrogen-bond acceptors (Lipinski definition) is 0. The van der Waals surface area contributed by atoms with Crippen LogP contribution < -0.4 is 4.57 Å². The van der Waals surface area contributed by atoms with Crippen LogP contribution in [0.4, 0.5) is 0 Å². The van der Waals surface area contributed by atoms with Gasteiger partial charge in [0.15, 0.2) is 6.20 Å². The van der Waals surface area contributed by atoms with Crippen LogP contribution in [0.15, 0.2) is 24.4 Å². The first-order valence-electron chi connectivity index (χ1n) is 13.9. The van der Waals surface area contributed by atoms with E-state index in [-0.39, 0.29) is 22.1 Å². The van der Waals surface area contributed by atoms with Gasteiger partial charge in [0.25, 0.3) is 0 Å². The lowest BCUT2D eigenvalue weighted by Gasteiger charge is -2.34. The summed E-state index contributed by atoms with van der Waals surface area (Å²) in [5.74, 6) is -1.08. The van der Waals surface area contributed by atoms with Crippen molar-refractivity contribution in [1.82, 2.24) is 0 Å². The molecule has 0 bridgehead atoms. The van der Waals surface area contributed by atoms with Crippen molar-refractivity contribution in [1.29, 1.82) is 0 Å². The van der Waals surface area contributed by atoms with E-state index in [4.69, 9.17) is 12.3 Å². The fraction of sp³-hybridized carbons (Fsp3) is 0.542. The van der Waals surface area contributed by atoms with Crippen LogP contribution >= 0.6 is 0 Å². The summed E-state index contributed by atoms with van der Waals surface area (Å²) < 4.78 is 82.5. The quantitative estimate of drug-likeness (QED) is 0.579. The van der Waals surface area contributed by atoms with Crippen molar-refractivity contribution in [2.45, 2.75) is 72.9 Å². The van der Waals surface area contributed by atoms with E-state index in [2.05, 4.69) is 13.8 Å². The Kier molecular flexibility index (Phi) is 2.46. The van der Waals surface area contributed by atoms with Gasteiger partial charge < -0.3 is 0 Å². The van der Waals surface area contributed by atoms with Gasteiger partial charge in [0.2, 0.25) is 5.69 Å². The minimum absolute atomic E-state index is 0.0866. The molecule has 1 aliphatic rings. The molecule has 25 heavy (non-hydrogen) atoms. The molecular weight excluding hydrogens is 302 g/mol. The van der Waals surface area contributed by atoms with Gasteiger partial charge in [-0.3, -0.25) is 0 Å². The largest absolute Gasteiger partial charge is 0.212 e. The van der Waals surface area contributed by atoms with Gasteiger partial charge in [-0.15, -0.1) is 0 Å². The number of nitrogens with zero attached hydrogens (tertiary/aromatic N) is 1. The molecule has 0 unspecified atom stereocenters. The maximum absolute atomic E-state index is 9.28. The predicted molar refractivity (Wildman–Crippen MR) is 107 cm³/mol. The van der Waals surface area contributed by atoms with Crippen molar-refractivity contribution in [3.63, 3.8) is 0 Å². The molecule has 2 aromatic rings. The molecule has 1 fully saturated rings. The zero-order valence-corrected chi connectivity index (χ0v) is 15.6. The maximum Gasteiger partial charge on any atom is 0.212 e. The first-order valence-corrected chi connectivity index (χ1v) is 8.86. The van der Waals surface area contributed by atoms with Gasteiger partial charge in [-0.1, -0.05) is 19.9 Å². The zero-order chi connectivity index (χ0) is 26.8. The van der Waals surface area contributed by atoms with Crippen molar-refractivity contribution < 1.29 is 18.3 Å². The number of hydrogen-bond donors (Lipinski definition) is 0. The van der Waals surface area contributed by atoms with Gasteiger partial charge in [-0.2, -0.15) is 0 Å². The molecule has 1 heteroatoms. The molecule has 1 saturated carbocycles. The van der Waals surface area contributed by atoms with Crippen LogP contribution in [0.1, 0.15) is 86.9 Å². The monoisotopic (exact) mass is 346 g/mol. The fourth-order valence-corrected chi connectivity index (χ4v) is 3.69. The van der Waals surface area contributed by atoms with Gasteiger partial charge in [-0.05, 0) is 92.8 Å². The van der Waals surface area contributed by atoms with Crippen molar-refractivity contribution >= 4 is 0 Å². The summed E-state index contributed by atoms with van der Waals surface area (Å²) in [6.07, 6.45) is 4.15. The molecule has 0 aliphatic heterocycles. The molecular formula is C24H34N+. The van der Waals surface area contributed by atoms with Crippen molar-refractivity contribution in [3.05, 3.63) is 52.2 Å². The van der Waals surface area contributed by atoms with Gasteiger partial charge in [0, 0.05) is 30.9 Å². The molecule has 134 valence electrons. The summed E-state index contributed by atoms with van der Waals surface area (Å²) >= 11 is 0. The molecule has 1 heterocycles. The Morgan fingerprint density at radius 2 is 1.64 bits per heavy atom. The molecule has 0 atom stereocenters. The highest BCUT2D eigenvalue weighted by molar-refractivity contribution is 5.64. The van der Waals surface area contributed by atoms with Crippen molar-refractivity contribution in [2.75, 3.05) is 0 Å². The molecule has 1 aromatic heterocycles. The molecule has 1 aromatic carbocycles. The van der Waals surface area contributed by atoms with Crippen LogP contribution in [0.3, 0.4) is 0 Å². The Hall–Kier alpha value is -1.63. The number of pyridine rings is 1. The third kappa shape index (κ3) is 3.66. The second-order valence-electron chi connectivity index (χ2n) is 8.08. The molecule has 0 radical (unpaired) electrons. The summed E-state index contributed by atoms with van der Waals surface area (Å²) in [4.78, 5) is 0. The van der Waals surface area contributed by atoms with Crippen LogP contribution in [0, 0.1) is 32.9 Å². The molecule has 1 nitrogen and oxygen atoms in total. The number of rotatable bonds is 2. The number of aryl methyl sites for hydroxylation is 5. The lowest BCUT2D eigenvalue weighted by molar-refractivity contribution is -0.660. The van der Waals surface area contributed by atoms with E-state index in [1.807, 2.05) is 0 Å². The van der Waals surface area contributed by atoms with Gasteiger partial charge in [-0.25, -0.2) is 4.57 Å². The van der Waals surface area contributed by atoms with Gasteiger partial charge in [0.05, 0.1) is 0 Å². The summed E-state index contributed by atoms with van der Waals surface area (Å²) in [7, 11) is 1.68. The highest BCUT2D eigenvalue weighted by atomic mass is 14.9. The Balaban J connectivity index is 2.30. The van der Waals surface area contributed by atoms with E-state index in [1.165, 1.54) is 18.3 Å². The maximum atomic E-state index is 9.28. The second-order valence-corrected chi connectivity index (χ2v) is 8.08. The summed E-state index contributed by atoms with van der Waals surface area (Å²) in [6, 6.07) is 4.48. The normalized spacial score (nSPS) is 26.4.